The predicted octanol–water partition coefficient (Wildman–Crippen LogP) is 3.27. The molecule has 26 heavy (non-hydrogen) atoms. The summed E-state index contributed by atoms with van der Waals surface area (Å²) in [7, 11) is 1.27. The van der Waals surface area contributed by atoms with Crippen molar-refractivity contribution in [3.63, 3.8) is 0 Å². The number of nitrogens with zero attached hydrogens (tertiary/aromatic N) is 2. The van der Waals surface area contributed by atoms with Crippen LogP contribution in [0.1, 0.15) is 39.3 Å². The lowest BCUT2D eigenvalue weighted by Gasteiger charge is -2.11. The van der Waals surface area contributed by atoms with Gasteiger partial charge in [-0.15, -0.1) is 11.3 Å². The third-order valence-corrected chi connectivity index (χ3v) is 5.26. The molecule has 10 heteroatoms. The minimum absolute atomic E-state index is 0.344. The highest BCUT2D eigenvalue weighted by Gasteiger charge is 2.33. The van der Waals surface area contributed by atoms with Crippen molar-refractivity contribution in [2.75, 3.05) is 12.4 Å². The molecule has 0 spiro atoms. The third kappa shape index (κ3) is 3.74. The van der Waals surface area contributed by atoms with Crippen molar-refractivity contribution in [3.05, 3.63) is 34.0 Å². The lowest BCUT2D eigenvalue weighted by Crippen LogP contribution is -2.20. The third-order valence-electron chi connectivity index (χ3n) is 4.05. The molecule has 2 heterocycles. The zero-order valence-electron chi connectivity index (χ0n) is 13.9. The number of rotatable bonds is 4. The Morgan fingerprint density at radius 2 is 2.08 bits per heavy atom. The average molecular weight is 387 g/mol. The van der Waals surface area contributed by atoms with E-state index in [-0.39, 0.29) is 6.54 Å². The number of aryl methyl sites for hydroxylation is 1. The summed E-state index contributed by atoms with van der Waals surface area (Å²) in [6.07, 6.45) is 0.0491. The van der Waals surface area contributed by atoms with Crippen molar-refractivity contribution in [3.8, 4) is 0 Å². The number of anilines is 1. The number of aromatic nitrogens is 2. The molecule has 140 valence electrons. The molecule has 0 saturated heterocycles. The van der Waals surface area contributed by atoms with Gasteiger partial charge in [0.1, 0.15) is 11.5 Å². The molecule has 6 nitrogen and oxygen atoms in total. The summed E-state index contributed by atoms with van der Waals surface area (Å²) in [4.78, 5) is 25.4. The van der Waals surface area contributed by atoms with Gasteiger partial charge in [-0.1, -0.05) is 0 Å². The fourth-order valence-electron chi connectivity index (χ4n) is 2.89. The van der Waals surface area contributed by atoms with Gasteiger partial charge in [0.05, 0.1) is 12.7 Å². The molecule has 0 unspecified atom stereocenters. The Kier molecular flexibility index (Phi) is 5.03. The summed E-state index contributed by atoms with van der Waals surface area (Å²) >= 11 is 1.31. The molecule has 0 atom stereocenters. The highest BCUT2D eigenvalue weighted by atomic mass is 32.1. The van der Waals surface area contributed by atoms with Crippen molar-refractivity contribution in [2.45, 2.75) is 38.4 Å². The van der Waals surface area contributed by atoms with Gasteiger partial charge >= 0.3 is 12.1 Å². The van der Waals surface area contributed by atoms with Crippen LogP contribution in [0.3, 0.4) is 0 Å². The minimum atomic E-state index is -4.56. The number of alkyl halides is 3. The van der Waals surface area contributed by atoms with E-state index in [0.29, 0.717) is 10.6 Å². The van der Waals surface area contributed by atoms with Gasteiger partial charge in [-0.25, -0.2) is 4.79 Å². The van der Waals surface area contributed by atoms with Gasteiger partial charge in [0.15, 0.2) is 5.69 Å². The molecule has 2 aromatic rings. The van der Waals surface area contributed by atoms with Gasteiger partial charge in [-0.05, 0) is 37.3 Å². The van der Waals surface area contributed by atoms with E-state index < -0.39 is 23.7 Å². The summed E-state index contributed by atoms with van der Waals surface area (Å²) < 4.78 is 43.4. The minimum Gasteiger partial charge on any atom is -0.465 e. The lowest BCUT2D eigenvalue weighted by atomic mass is 9.95. The van der Waals surface area contributed by atoms with Crippen LogP contribution in [-0.4, -0.2) is 28.8 Å². The van der Waals surface area contributed by atoms with Crippen molar-refractivity contribution >= 4 is 28.2 Å². The molecule has 1 amide bonds. The van der Waals surface area contributed by atoms with E-state index in [0.717, 1.165) is 53.1 Å². The fraction of sp³-hybridized carbons (Fsp3) is 0.438. The number of hydrogen-bond donors (Lipinski definition) is 1. The van der Waals surface area contributed by atoms with E-state index >= 15 is 0 Å². The number of hydrogen-bond acceptors (Lipinski definition) is 5. The molecule has 0 fully saturated rings. The van der Waals surface area contributed by atoms with Gasteiger partial charge in [-0.3, -0.25) is 9.48 Å². The lowest BCUT2D eigenvalue weighted by molar-refractivity contribution is -0.141. The largest absolute Gasteiger partial charge is 0.465 e. The van der Waals surface area contributed by atoms with Gasteiger partial charge in [-0.2, -0.15) is 18.3 Å². The van der Waals surface area contributed by atoms with E-state index in [2.05, 4.69) is 10.4 Å². The maximum absolute atomic E-state index is 12.6. The van der Waals surface area contributed by atoms with Crippen LogP contribution < -0.4 is 5.32 Å². The Labute approximate surface area is 150 Å². The van der Waals surface area contributed by atoms with Crippen LogP contribution in [0.15, 0.2) is 12.3 Å². The number of fused-ring (bicyclic) bond motifs is 1. The average Bonchev–Trinajstić information content (AvgIpc) is 3.18. The zero-order valence-corrected chi connectivity index (χ0v) is 14.7. The number of nitrogens with one attached hydrogen (secondary N) is 1. The quantitative estimate of drug-likeness (QED) is 0.818. The Hall–Kier alpha value is -2.36. The monoisotopic (exact) mass is 387 g/mol. The zero-order chi connectivity index (χ0) is 18.9. The first-order valence-corrected chi connectivity index (χ1v) is 8.74. The maximum atomic E-state index is 12.6. The van der Waals surface area contributed by atoms with E-state index in [1.165, 1.54) is 18.4 Å². The smallest absolute Gasteiger partial charge is 0.435 e. The topological polar surface area (TPSA) is 73.2 Å². The maximum Gasteiger partial charge on any atom is 0.435 e. The number of thiophene rings is 1. The van der Waals surface area contributed by atoms with E-state index in [1.807, 2.05) is 0 Å². The van der Waals surface area contributed by atoms with Crippen LogP contribution in [0.4, 0.5) is 18.2 Å². The van der Waals surface area contributed by atoms with Gasteiger partial charge in [0, 0.05) is 11.1 Å². The summed E-state index contributed by atoms with van der Waals surface area (Å²) in [6, 6.07) is 0.803. The Morgan fingerprint density at radius 1 is 1.35 bits per heavy atom. The second-order valence-corrected chi connectivity index (χ2v) is 6.96. The number of amides is 1. The molecule has 1 N–H and O–H groups in total. The summed E-state index contributed by atoms with van der Waals surface area (Å²) in [6.45, 7) is -0.390. The summed E-state index contributed by atoms with van der Waals surface area (Å²) in [5.41, 5.74) is 0.172. The van der Waals surface area contributed by atoms with Gasteiger partial charge < -0.3 is 10.1 Å². The first-order chi connectivity index (χ1) is 12.3. The van der Waals surface area contributed by atoms with E-state index in [4.69, 9.17) is 4.74 Å². The highest BCUT2D eigenvalue weighted by Crippen LogP contribution is 2.38. The van der Waals surface area contributed by atoms with Crippen molar-refractivity contribution in [1.82, 2.24) is 9.78 Å². The standard InChI is InChI=1S/C16H16F3N3O3S/c1-25-15(24)13-9-4-2-3-5-10(9)26-14(13)20-12(23)8-22-7-6-11(21-22)16(17,18)19/h6-7H,2-5,8H2,1H3,(H,20,23). The molecule has 1 aliphatic rings. The van der Waals surface area contributed by atoms with E-state index in [1.54, 1.807) is 0 Å². The molecule has 2 aromatic heterocycles. The van der Waals surface area contributed by atoms with Gasteiger partial charge in [0.2, 0.25) is 5.91 Å². The van der Waals surface area contributed by atoms with Crippen LogP contribution in [-0.2, 0) is 35.1 Å². The molecule has 3 rings (SSSR count). The summed E-state index contributed by atoms with van der Waals surface area (Å²) in [5.74, 6) is -1.09. The second kappa shape index (κ2) is 7.10. The van der Waals surface area contributed by atoms with Crippen LogP contribution in [0.2, 0.25) is 0 Å². The molecular weight excluding hydrogens is 371 g/mol. The number of esters is 1. The Morgan fingerprint density at radius 3 is 2.73 bits per heavy atom. The number of halogens is 3. The normalized spacial score (nSPS) is 14.0. The van der Waals surface area contributed by atoms with E-state index in [9.17, 15) is 22.8 Å². The van der Waals surface area contributed by atoms with Crippen molar-refractivity contribution < 1.29 is 27.5 Å². The molecule has 0 bridgehead atoms. The fourth-order valence-corrected chi connectivity index (χ4v) is 4.18. The van der Waals surface area contributed by atoms with Crippen LogP contribution in [0, 0.1) is 0 Å². The number of carbonyl (C=O) groups is 2. The van der Waals surface area contributed by atoms with Crippen molar-refractivity contribution in [1.29, 1.82) is 0 Å². The molecule has 0 saturated carbocycles. The van der Waals surface area contributed by atoms with Crippen LogP contribution in [0.25, 0.3) is 0 Å². The Bertz CT molecular complexity index is 842. The molecule has 0 aliphatic heterocycles. The molecule has 0 radical (unpaired) electrons. The predicted molar refractivity (Wildman–Crippen MR) is 88.2 cm³/mol. The van der Waals surface area contributed by atoms with Crippen LogP contribution in [0.5, 0.6) is 0 Å². The van der Waals surface area contributed by atoms with Crippen LogP contribution >= 0.6 is 11.3 Å². The first kappa shape index (κ1) is 18.4. The first-order valence-electron chi connectivity index (χ1n) is 7.93. The number of ether oxygens (including phenoxy) is 1. The van der Waals surface area contributed by atoms with Crippen molar-refractivity contribution in [2.24, 2.45) is 0 Å². The number of methoxy groups -OCH3 is 1. The molecule has 0 aromatic carbocycles. The SMILES string of the molecule is COC(=O)c1c(NC(=O)Cn2ccc(C(F)(F)F)n2)sc2c1CCCC2. The molecule has 1 aliphatic carbocycles. The number of carbonyl (C=O) groups excluding carboxylic acids is 2. The Balaban J connectivity index is 1.78. The molecular formula is C16H16F3N3O3S. The van der Waals surface area contributed by atoms with Gasteiger partial charge in [0.25, 0.3) is 0 Å². The summed E-state index contributed by atoms with van der Waals surface area (Å²) in [5, 5.41) is 6.33. The second-order valence-electron chi connectivity index (χ2n) is 5.85. The highest BCUT2D eigenvalue weighted by molar-refractivity contribution is 7.17.